The summed E-state index contributed by atoms with van der Waals surface area (Å²) in [5, 5.41) is 0. The SMILES string of the molecule is [C-]#[N+]CCOP(OCC(COC(c1ccccc1)(c1ccc(OC)cc1)c1ccc(OC)cc1)OCC)OC[C@H]1OC[CH-]C1OC(=O)CCC(C)=O.[Y]. The zero-order valence-corrected chi connectivity index (χ0v) is 34.4. The molecule has 3 aromatic rings. The van der Waals surface area contributed by atoms with Crippen LogP contribution in [-0.2, 0) is 80.4 Å². The molecule has 0 aromatic heterocycles. The standard InChI is InChI=1S/C39H47NO11P.Y/c1-6-45-35(27-49-52(48-25-23-40-3)50-28-37-36(22-24-46-37)51-38(42)21-12-29(2)41)26-47-39(30-10-8-7-9-11-30,31-13-17-33(43-4)18-14-31)32-15-19-34(44-5)20-16-32;/h7-11,13-20,22,35-37H,6,12,21,23-28H2,1-2,4-5H3;/q-1;/t35?,36?,37-,52?;/m1./s1. The van der Waals surface area contributed by atoms with Gasteiger partial charge >= 0.3 is 14.6 Å². The molecule has 1 radical (unpaired) electrons. The molecule has 283 valence electrons. The molecule has 0 saturated carbocycles. The van der Waals surface area contributed by atoms with Gasteiger partial charge in [0.15, 0.2) is 0 Å². The number of carbonyl (C=O) groups is 2. The summed E-state index contributed by atoms with van der Waals surface area (Å²) in [4.78, 5) is 26.9. The molecule has 1 aliphatic rings. The van der Waals surface area contributed by atoms with E-state index in [4.69, 9.17) is 48.6 Å². The molecule has 1 saturated heterocycles. The summed E-state index contributed by atoms with van der Waals surface area (Å²) in [6, 6.07) is 25.5. The molecule has 14 heteroatoms. The third-order valence-electron chi connectivity index (χ3n) is 8.13. The van der Waals surface area contributed by atoms with Crippen molar-refractivity contribution >= 4 is 20.4 Å². The fourth-order valence-electron chi connectivity index (χ4n) is 5.50. The van der Waals surface area contributed by atoms with Gasteiger partial charge in [-0.05, 0) is 54.8 Å². The number of carbonyl (C=O) groups excluding carboxylic acids is 2. The van der Waals surface area contributed by atoms with E-state index in [0.717, 1.165) is 16.7 Å². The second-order valence-corrected chi connectivity index (χ2v) is 12.9. The minimum absolute atomic E-state index is 0. The van der Waals surface area contributed by atoms with Gasteiger partial charge in [-0.2, -0.15) is 0 Å². The number of ether oxygens (including phenoxy) is 6. The topological polar surface area (TPSA) is 122 Å². The Labute approximate surface area is 338 Å². The predicted octanol–water partition coefficient (Wildman–Crippen LogP) is 6.49. The summed E-state index contributed by atoms with van der Waals surface area (Å²) in [5.74, 6) is 0.844. The van der Waals surface area contributed by atoms with E-state index in [0.29, 0.717) is 18.1 Å². The molecule has 0 aliphatic carbocycles. The van der Waals surface area contributed by atoms with Crippen LogP contribution in [0.5, 0.6) is 11.5 Å². The molecule has 0 bridgehead atoms. The van der Waals surface area contributed by atoms with Gasteiger partial charge in [0.25, 0.3) is 0 Å². The molecule has 12 nitrogen and oxygen atoms in total. The Morgan fingerprint density at radius 3 is 2.09 bits per heavy atom. The van der Waals surface area contributed by atoms with E-state index in [1.165, 1.54) is 6.92 Å². The van der Waals surface area contributed by atoms with Crippen molar-refractivity contribution in [3.63, 3.8) is 0 Å². The van der Waals surface area contributed by atoms with E-state index in [9.17, 15) is 9.59 Å². The van der Waals surface area contributed by atoms with E-state index in [-0.39, 0.29) is 90.9 Å². The Hall–Kier alpha value is -2.82. The molecule has 0 amide bonds. The molecule has 0 N–H and O–H groups in total. The summed E-state index contributed by atoms with van der Waals surface area (Å²) >= 11 is 0. The summed E-state index contributed by atoms with van der Waals surface area (Å²) in [6.07, 6.45) is 0.0478. The molecule has 3 unspecified atom stereocenters. The number of nitrogens with zero attached hydrogens (tertiary/aromatic N) is 1. The van der Waals surface area contributed by atoms with Crippen molar-refractivity contribution in [2.75, 3.05) is 60.4 Å². The first kappa shape index (κ1) is 44.6. The van der Waals surface area contributed by atoms with Crippen molar-refractivity contribution < 1.29 is 84.3 Å². The van der Waals surface area contributed by atoms with Crippen molar-refractivity contribution in [3.05, 3.63) is 113 Å². The van der Waals surface area contributed by atoms with Crippen molar-refractivity contribution in [2.45, 2.75) is 50.6 Å². The summed E-state index contributed by atoms with van der Waals surface area (Å²) in [6.45, 7) is 11.5. The van der Waals surface area contributed by atoms with Gasteiger partial charge in [0.1, 0.15) is 35.6 Å². The normalized spacial score (nSPS) is 16.5. The van der Waals surface area contributed by atoms with Crippen molar-refractivity contribution in [3.8, 4) is 11.5 Å². The molecule has 53 heavy (non-hydrogen) atoms. The fraction of sp³-hybridized carbons (Fsp3) is 0.436. The molecule has 3 aromatic carbocycles. The summed E-state index contributed by atoms with van der Waals surface area (Å²) in [7, 11) is 1.30. The number of ketones is 1. The molecular weight excluding hydrogens is 778 g/mol. The largest absolute Gasteiger partial charge is 0.497 e. The van der Waals surface area contributed by atoms with Crippen LogP contribution >= 0.6 is 8.60 Å². The molecule has 4 rings (SSSR count). The third kappa shape index (κ3) is 13.5. The second kappa shape index (κ2) is 23.9. The van der Waals surface area contributed by atoms with Gasteiger partial charge in [-0.3, -0.25) is 11.2 Å². The minimum Gasteiger partial charge on any atom is -0.497 e. The number of methoxy groups -OCH3 is 2. The Morgan fingerprint density at radius 1 is 0.906 bits per heavy atom. The van der Waals surface area contributed by atoms with Crippen LogP contribution in [0.15, 0.2) is 78.9 Å². The van der Waals surface area contributed by atoms with E-state index in [1.54, 1.807) is 20.6 Å². The van der Waals surface area contributed by atoms with Crippen molar-refractivity contribution in [1.29, 1.82) is 0 Å². The van der Waals surface area contributed by atoms with Crippen molar-refractivity contribution in [2.24, 2.45) is 0 Å². The molecule has 1 heterocycles. The maximum absolute atomic E-state index is 12.3. The number of hydrogen-bond donors (Lipinski definition) is 0. The quantitative estimate of drug-likeness (QED) is 0.0343. The Morgan fingerprint density at radius 2 is 1.53 bits per heavy atom. The Balaban J connectivity index is 0.00000756. The van der Waals surface area contributed by atoms with Crippen LogP contribution in [0.1, 0.15) is 43.4 Å². The number of esters is 1. The van der Waals surface area contributed by atoms with Gasteiger partial charge in [0.05, 0.1) is 46.6 Å². The van der Waals surface area contributed by atoms with E-state index < -0.39 is 38.5 Å². The molecular formula is C39H47NO11PY-. The molecule has 4 atom stereocenters. The average Bonchev–Trinajstić information content (AvgIpc) is 3.62. The third-order valence-corrected chi connectivity index (χ3v) is 9.24. The number of rotatable bonds is 23. The van der Waals surface area contributed by atoms with Gasteiger partial charge in [0, 0.05) is 51.8 Å². The zero-order valence-electron chi connectivity index (χ0n) is 30.6. The van der Waals surface area contributed by atoms with Gasteiger partial charge in [0.2, 0.25) is 6.54 Å². The van der Waals surface area contributed by atoms with Crippen LogP contribution in [0.4, 0.5) is 0 Å². The predicted molar refractivity (Wildman–Crippen MR) is 194 cm³/mol. The van der Waals surface area contributed by atoms with Crippen LogP contribution in [0, 0.1) is 13.0 Å². The van der Waals surface area contributed by atoms with Gasteiger partial charge in [-0.15, -0.1) is 0 Å². The summed E-state index contributed by atoms with van der Waals surface area (Å²) < 4.78 is 53.3. The smallest absolute Gasteiger partial charge is 0.333 e. The first-order valence-corrected chi connectivity index (χ1v) is 18.2. The van der Waals surface area contributed by atoms with Crippen LogP contribution in [0.3, 0.4) is 0 Å². The van der Waals surface area contributed by atoms with Crippen molar-refractivity contribution in [1.82, 2.24) is 0 Å². The molecule has 1 fully saturated rings. The maximum atomic E-state index is 12.3. The van der Waals surface area contributed by atoms with Crippen LogP contribution < -0.4 is 9.47 Å². The molecule has 1 aliphatic heterocycles. The van der Waals surface area contributed by atoms with Gasteiger partial charge in [-0.1, -0.05) is 61.2 Å². The van der Waals surface area contributed by atoms with Gasteiger partial charge < -0.3 is 51.6 Å². The number of Topliss-reactive ketones (excluding diaryl/α,β-unsaturated/α-hetero) is 1. The van der Waals surface area contributed by atoms with Crippen LogP contribution in [0.25, 0.3) is 4.85 Å². The number of benzene rings is 3. The summed E-state index contributed by atoms with van der Waals surface area (Å²) in [5.41, 5.74) is 1.59. The Kier molecular flexibility index (Phi) is 20.1. The monoisotopic (exact) mass is 825 g/mol. The zero-order chi connectivity index (χ0) is 37.2. The van der Waals surface area contributed by atoms with E-state index >= 15 is 0 Å². The molecule has 0 spiro atoms. The van der Waals surface area contributed by atoms with E-state index in [1.807, 2.05) is 85.8 Å². The fourth-order valence-corrected chi connectivity index (χ4v) is 6.51. The average molecular weight is 826 g/mol. The van der Waals surface area contributed by atoms with Crippen LogP contribution in [0.2, 0.25) is 0 Å². The Bertz CT molecular complexity index is 1510. The maximum Gasteiger partial charge on any atom is 0.333 e. The van der Waals surface area contributed by atoms with Crippen LogP contribution in [-0.4, -0.2) is 90.5 Å². The second-order valence-electron chi connectivity index (χ2n) is 11.7. The number of hydrogen-bond acceptors (Lipinski definition) is 11. The van der Waals surface area contributed by atoms with E-state index in [2.05, 4.69) is 4.85 Å². The minimum atomic E-state index is -1.95. The first-order valence-electron chi connectivity index (χ1n) is 17.1. The first-order chi connectivity index (χ1) is 25.3. The van der Waals surface area contributed by atoms with Gasteiger partial charge in [-0.25, -0.2) is 6.57 Å².